The molecular formula is C13H19N. The zero-order valence-corrected chi connectivity index (χ0v) is 9.30. The SMILES string of the molecule is CC(C)Cc1ccc(C2(C)CN2)cc1. The van der Waals surface area contributed by atoms with Crippen LogP contribution in [-0.4, -0.2) is 6.54 Å². The Bertz CT molecular complexity index is 307. The van der Waals surface area contributed by atoms with Crippen LogP contribution < -0.4 is 5.32 Å². The van der Waals surface area contributed by atoms with Crippen molar-refractivity contribution in [3.63, 3.8) is 0 Å². The van der Waals surface area contributed by atoms with Gasteiger partial charge in [-0.1, -0.05) is 38.1 Å². The summed E-state index contributed by atoms with van der Waals surface area (Å²) in [4.78, 5) is 0. The lowest BCUT2D eigenvalue weighted by Crippen LogP contribution is -2.06. The van der Waals surface area contributed by atoms with Crippen molar-refractivity contribution in [2.75, 3.05) is 6.54 Å². The van der Waals surface area contributed by atoms with Gasteiger partial charge in [0.1, 0.15) is 0 Å². The number of benzene rings is 1. The monoisotopic (exact) mass is 189 g/mol. The molecule has 0 spiro atoms. The van der Waals surface area contributed by atoms with Crippen LogP contribution in [0.15, 0.2) is 24.3 Å². The van der Waals surface area contributed by atoms with E-state index in [0.29, 0.717) is 0 Å². The van der Waals surface area contributed by atoms with Crippen molar-refractivity contribution >= 4 is 0 Å². The molecule has 76 valence electrons. The summed E-state index contributed by atoms with van der Waals surface area (Å²) in [5, 5.41) is 3.39. The maximum atomic E-state index is 3.39. The first-order valence-electron chi connectivity index (χ1n) is 5.44. The Labute approximate surface area is 86.5 Å². The number of rotatable bonds is 3. The molecular weight excluding hydrogens is 170 g/mol. The van der Waals surface area contributed by atoms with Crippen LogP contribution in [0.25, 0.3) is 0 Å². The Morgan fingerprint density at radius 1 is 1.29 bits per heavy atom. The highest BCUT2D eigenvalue weighted by molar-refractivity contribution is 5.32. The van der Waals surface area contributed by atoms with Gasteiger partial charge in [0.25, 0.3) is 0 Å². The first-order chi connectivity index (χ1) is 6.60. The van der Waals surface area contributed by atoms with E-state index in [0.717, 1.165) is 12.5 Å². The second-order valence-corrected chi connectivity index (χ2v) is 4.98. The molecule has 1 heterocycles. The number of hydrogen-bond donors (Lipinski definition) is 1. The fraction of sp³-hybridized carbons (Fsp3) is 0.538. The van der Waals surface area contributed by atoms with Gasteiger partial charge in [-0.25, -0.2) is 0 Å². The Kier molecular flexibility index (Phi) is 2.36. The standard InChI is InChI=1S/C13H19N/c1-10(2)8-11-4-6-12(7-5-11)13(3)9-14-13/h4-7,10,14H,8-9H2,1-3H3. The molecule has 1 aromatic rings. The molecule has 1 N–H and O–H groups in total. The van der Waals surface area contributed by atoms with Gasteiger partial charge in [-0.2, -0.15) is 0 Å². The summed E-state index contributed by atoms with van der Waals surface area (Å²) < 4.78 is 0. The molecule has 0 radical (unpaired) electrons. The Morgan fingerprint density at radius 3 is 2.29 bits per heavy atom. The highest BCUT2D eigenvalue weighted by Gasteiger charge is 2.37. The molecule has 0 aromatic heterocycles. The number of nitrogens with one attached hydrogen (secondary N) is 1. The molecule has 14 heavy (non-hydrogen) atoms. The topological polar surface area (TPSA) is 21.9 Å². The summed E-state index contributed by atoms with van der Waals surface area (Å²) in [6.07, 6.45) is 1.18. The van der Waals surface area contributed by atoms with Crippen molar-refractivity contribution in [2.45, 2.75) is 32.7 Å². The van der Waals surface area contributed by atoms with E-state index in [1.165, 1.54) is 17.5 Å². The quantitative estimate of drug-likeness (QED) is 0.725. The van der Waals surface area contributed by atoms with Gasteiger partial charge in [-0.3, -0.25) is 0 Å². The van der Waals surface area contributed by atoms with Crippen LogP contribution in [0.3, 0.4) is 0 Å². The van der Waals surface area contributed by atoms with Crippen LogP contribution in [0.2, 0.25) is 0 Å². The van der Waals surface area contributed by atoms with Gasteiger partial charge < -0.3 is 5.32 Å². The second-order valence-electron chi connectivity index (χ2n) is 4.98. The predicted octanol–water partition coefficient (Wildman–Crippen LogP) is 2.70. The van der Waals surface area contributed by atoms with E-state index in [1.807, 2.05) is 0 Å². The molecule has 1 heteroatoms. The van der Waals surface area contributed by atoms with Crippen LogP contribution >= 0.6 is 0 Å². The van der Waals surface area contributed by atoms with Crippen LogP contribution in [0, 0.1) is 5.92 Å². The van der Waals surface area contributed by atoms with Crippen molar-refractivity contribution < 1.29 is 0 Å². The van der Waals surface area contributed by atoms with Gasteiger partial charge in [0, 0.05) is 6.54 Å². The third-order valence-corrected chi connectivity index (χ3v) is 2.94. The molecule has 1 saturated heterocycles. The first kappa shape index (κ1) is 9.72. The minimum absolute atomic E-state index is 0.274. The predicted molar refractivity (Wildman–Crippen MR) is 60.3 cm³/mol. The molecule has 0 amide bonds. The molecule has 1 fully saturated rings. The normalized spacial score (nSPS) is 25.4. The first-order valence-corrected chi connectivity index (χ1v) is 5.44. The molecule has 1 atom stereocenters. The summed E-state index contributed by atoms with van der Waals surface area (Å²) in [5.74, 6) is 0.746. The summed E-state index contributed by atoms with van der Waals surface area (Å²) >= 11 is 0. The second kappa shape index (κ2) is 3.39. The molecule has 1 aliphatic rings. The zero-order chi connectivity index (χ0) is 10.2. The van der Waals surface area contributed by atoms with E-state index in [2.05, 4.69) is 50.4 Å². The maximum absolute atomic E-state index is 3.39. The van der Waals surface area contributed by atoms with Crippen LogP contribution in [0.5, 0.6) is 0 Å². The summed E-state index contributed by atoms with van der Waals surface area (Å²) in [7, 11) is 0. The molecule has 1 unspecified atom stereocenters. The molecule has 0 bridgehead atoms. The smallest absolute Gasteiger partial charge is 0.0533 e. The van der Waals surface area contributed by atoms with Crippen LogP contribution in [0.4, 0.5) is 0 Å². The van der Waals surface area contributed by atoms with E-state index in [-0.39, 0.29) is 5.54 Å². The van der Waals surface area contributed by atoms with E-state index >= 15 is 0 Å². The van der Waals surface area contributed by atoms with Crippen molar-refractivity contribution in [1.82, 2.24) is 5.32 Å². The van der Waals surface area contributed by atoms with E-state index < -0.39 is 0 Å². The molecule has 1 nitrogen and oxygen atoms in total. The average molecular weight is 189 g/mol. The Hall–Kier alpha value is -0.820. The van der Waals surface area contributed by atoms with Crippen molar-refractivity contribution in [3.8, 4) is 0 Å². The number of hydrogen-bond acceptors (Lipinski definition) is 1. The van der Waals surface area contributed by atoms with E-state index in [4.69, 9.17) is 0 Å². The lowest BCUT2D eigenvalue weighted by molar-refractivity contribution is 0.646. The lowest BCUT2D eigenvalue weighted by atomic mass is 9.97. The summed E-state index contributed by atoms with van der Waals surface area (Å²) in [6, 6.07) is 9.05. The van der Waals surface area contributed by atoms with Crippen molar-refractivity contribution in [1.29, 1.82) is 0 Å². The Morgan fingerprint density at radius 2 is 1.86 bits per heavy atom. The fourth-order valence-corrected chi connectivity index (χ4v) is 1.82. The highest BCUT2D eigenvalue weighted by Crippen LogP contribution is 2.29. The molecule has 0 aliphatic carbocycles. The van der Waals surface area contributed by atoms with Gasteiger partial charge in [0.05, 0.1) is 5.54 Å². The maximum Gasteiger partial charge on any atom is 0.0533 e. The van der Waals surface area contributed by atoms with Crippen molar-refractivity contribution in [2.24, 2.45) is 5.92 Å². The molecule has 1 aliphatic heterocycles. The molecule has 0 saturated carbocycles. The zero-order valence-electron chi connectivity index (χ0n) is 9.30. The van der Waals surface area contributed by atoms with Crippen molar-refractivity contribution in [3.05, 3.63) is 35.4 Å². The van der Waals surface area contributed by atoms with Gasteiger partial charge in [0.2, 0.25) is 0 Å². The lowest BCUT2D eigenvalue weighted by Gasteiger charge is -2.09. The van der Waals surface area contributed by atoms with Gasteiger partial charge in [-0.15, -0.1) is 0 Å². The van der Waals surface area contributed by atoms with Crippen LogP contribution in [0.1, 0.15) is 31.9 Å². The van der Waals surface area contributed by atoms with Gasteiger partial charge >= 0.3 is 0 Å². The Balaban J connectivity index is 2.10. The molecule has 1 aromatic carbocycles. The third-order valence-electron chi connectivity index (χ3n) is 2.94. The highest BCUT2D eigenvalue weighted by atomic mass is 15.1. The summed E-state index contributed by atoms with van der Waals surface area (Å²) in [5.41, 5.74) is 3.15. The third kappa shape index (κ3) is 1.98. The molecule has 2 rings (SSSR count). The van der Waals surface area contributed by atoms with Crippen LogP contribution in [-0.2, 0) is 12.0 Å². The van der Waals surface area contributed by atoms with Gasteiger partial charge in [-0.05, 0) is 30.4 Å². The van der Waals surface area contributed by atoms with E-state index in [1.54, 1.807) is 0 Å². The average Bonchev–Trinajstić information content (AvgIpc) is 2.85. The minimum Gasteiger partial charge on any atom is -0.304 e. The summed E-state index contributed by atoms with van der Waals surface area (Å²) in [6.45, 7) is 7.90. The fourth-order valence-electron chi connectivity index (χ4n) is 1.82. The van der Waals surface area contributed by atoms with E-state index in [9.17, 15) is 0 Å². The largest absolute Gasteiger partial charge is 0.304 e. The minimum atomic E-state index is 0.274. The van der Waals surface area contributed by atoms with Gasteiger partial charge in [0.15, 0.2) is 0 Å².